The van der Waals surface area contributed by atoms with E-state index in [2.05, 4.69) is 28.6 Å². The van der Waals surface area contributed by atoms with E-state index in [1.165, 1.54) is 7.11 Å². The van der Waals surface area contributed by atoms with E-state index in [0.717, 1.165) is 24.8 Å². The van der Waals surface area contributed by atoms with Crippen LogP contribution in [0.1, 0.15) is 52.9 Å². The Morgan fingerprint density at radius 3 is 2.46 bits per heavy atom. The number of rotatable bonds is 7. The van der Waals surface area contributed by atoms with Gasteiger partial charge in [0.15, 0.2) is 5.90 Å². The van der Waals surface area contributed by atoms with Crippen molar-refractivity contribution in [2.24, 2.45) is 17.4 Å². The van der Waals surface area contributed by atoms with Crippen molar-refractivity contribution in [1.29, 1.82) is 5.41 Å². The molecule has 10 heteroatoms. The number of ether oxygens (including phenoxy) is 2. The monoisotopic (exact) mass is 417 g/mol. The highest BCUT2D eigenvalue weighted by Crippen LogP contribution is 2.27. The van der Waals surface area contributed by atoms with Crippen molar-refractivity contribution in [2.75, 3.05) is 13.7 Å². The fourth-order valence-electron chi connectivity index (χ4n) is 2.92. The van der Waals surface area contributed by atoms with Crippen LogP contribution in [0.3, 0.4) is 0 Å². The Balaban J connectivity index is 0.00000227. The van der Waals surface area contributed by atoms with Crippen molar-refractivity contribution in [3.05, 3.63) is 0 Å². The van der Waals surface area contributed by atoms with E-state index in [1.54, 1.807) is 20.8 Å². The minimum Gasteiger partial charge on any atom is -0.484 e. The quantitative estimate of drug-likeness (QED) is 0.239. The summed E-state index contributed by atoms with van der Waals surface area (Å²) in [6, 6.07) is -0.864. The Labute approximate surface area is 172 Å². The van der Waals surface area contributed by atoms with Gasteiger partial charge in [-0.15, -0.1) is 0 Å². The SMILES string of the molecule is COC(=N)C1CCCC1NC(=O)C(CCCN)NC(=O)OC(C)(C)C.NC=S. The fraction of sp³-hybridized carbons (Fsp3) is 0.778. The molecule has 0 saturated heterocycles. The molecule has 0 radical (unpaired) electrons. The maximum atomic E-state index is 12.6. The van der Waals surface area contributed by atoms with E-state index >= 15 is 0 Å². The summed E-state index contributed by atoms with van der Waals surface area (Å²) in [6.45, 7) is 5.73. The maximum Gasteiger partial charge on any atom is 0.408 e. The zero-order valence-corrected chi connectivity index (χ0v) is 18.1. The second kappa shape index (κ2) is 13.3. The predicted molar refractivity (Wildman–Crippen MR) is 113 cm³/mol. The van der Waals surface area contributed by atoms with Crippen LogP contribution >= 0.6 is 12.2 Å². The van der Waals surface area contributed by atoms with Crippen LogP contribution in [0.5, 0.6) is 0 Å². The molecule has 0 spiro atoms. The van der Waals surface area contributed by atoms with Gasteiger partial charge in [-0.05, 0) is 53.0 Å². The van der Waals surface area contributed by atoms with Gasteiger partial charge in [-0.1, -0.05) is 18.6 Å². The second-order valence-electron chi connectivity index (χ2n) is 7.49. The van der Waals surface area contributed by atoms with Crippen LogP contribution in [-0.4, -0.2) is 54.7 Å². The number of methoxy groups -OCH3 is 1. The Hall–Kier alpha value is -1.94. The number of thiocarbonyl (C=S) groups is 1. The van der Waals surface area contributed by atoms with Crippen LogP contribution in [0.25, 0.3) is 0 Å². The van der Waals surface area contributed by atoms with Crippen molar-refractivity contribution in [3.63, 3.8) is 0 Å². The molecule has 162 valence electrons. The number of nitrogens with two attached hydrogens (primary N) is 2. The Morgan fingerprint density at radius 1 is 1.36 bits per heavy atom. The van der Waals surface area contributed by atoms with E-state index in [9.17, 15) is 9.59 Å². The summed E-state index contributed by atoms with van der Waals surface area (Å²) in [5, 5.41) is 13.4. The molecule has 9 nitrogen and oxygen atoms in total. The molecule has 0 aromatic heterocycles. The summed E-state index contributed by atoms with van der Waals surface area (Å²) in [5.74, 6) is -0.216. The molecule has 1 fully saturated rings. The molecule has 0 aliphatic heterocycles. The summed E-state index contributed by atoms with van der Waals surface area (Å²) in [5.41, 5.74) is 10.5. The van der Waals surface area contributed by atoms with Gasteiger partial charge in [-0.3, -0.25) is 10.2 Å². The van der Waals surface area contributed by atoms with Crippen LogP contribution in [0.15, 0.2) is 0 Å². The average Bonchev–Trinajstić information content (AvgIpc) is 3.05. The minimum atomic E-state index is -0.712. The lowest BCUT2D eigenvalue weighted by Crippen LogP contribution is -2.52. The number of hydrogen-bond acceptors (Lipinski definition) is 7. The normalized spacial score (nSPS) is 19.5. The second-order valence-corrected chi connectivity index (χ2v) is 7.76. The first-order valence-corrected chi connectivity index (χ1v) is 9.84. The first-order chi connectivity index (χ1) is 13.1. The zero-order valence-electron chi connectivity index (χ0n) is 17.2. The molecule has 1 saturated carbocycles. The number of hydrogen-bond donors (Lipinski definition) is 5. The van der Waals surface area contributed by atoms with Crippen molar-refractivity contribution in [1.82, 2.24) is 10.6 Å². The Kier molecular flexibility index (Phi) is 12.4. The molecule has 0 aromatic rings. The van der Waals surface area contributed by atoms with Crippen LogP contribution in [0.2, 0.25) is 0 Å². The lowest BCUT2D eigenvalue weighted by atomic mass is 10.0. The first kappa shape index (κ1) is 26.1. The smallest absolute Gasteiger partial charge is 0.408 e. The molecule has 1 aliphatic carbocycles. The lowest BCUT2D eigenvalue weighted by molar-refractivity contribution is -0.124. The molecule has 2 amide bonds. The molecule has 28 heavy (non-hydrogen) atoms. The maximum absolute atomic E-state index is 12.6. The van der Waals surface area contributed by atoms with E-state index in [-0.39, 0.29) is 23.8 Å². The Morgan fingerprint density at radius 2 is 1.96 bits per heavy atom. The van der Waals surface area contributed by atoms with E-state index in [1.807, 2.05) is 0 Å². The fourth-order valence-corrected chi connectivity index (χ4v) is 2.92. The zero-order chi connectivity index (χ0) is 21.7. The summed E-state index contributed by atoms with van der Waals surface area (Å²) < 4.78 is 10.2. The van der Waals surface area contributed by atoms with Crippen molar-refractivity contribution in [3.8, 4) is 0 Å². The van der Waals surface area contributed by atoms with Gasteiger partial charge < -0.3 is 31.6 Å². The molecule has 7 N–H and O–H groups in total. The third kappa shape index (κ3) is 10.4. The van der Waals surface area contributed by atoms with Gasteiger partial charge >= 0.3 is 6.09 Å². The number of alkyl carbamates (subject to hydrolysis) is 1. The molecule has 3 atom stereocenters. The van der Waals surface area contributed by atoms with Gasteiger partial charge in [0.25, 0.3) is 0 Å². The van der Waals surface area contributed by atoms with Crippen molar-refractivity contribution >= 4 is 35.6 Å². The van der Waals surface area contributed by atoms with Crippen LogP contribution < -0.4 is 22.1 Å². The van der Waals surface area contributed by atoms with Crippen molar-refractivity contribution in [2.45, 2.75) is 70.6 Å². The first-order valence-electron chi connectivity index (χ1n) is 9.37. The highest BCUT2D eigenvalue weighted by Gasteiger charge is 2.34. The third-order valence-corrected chi connectivity index (χ3v) is 4.10. The summed E-state index contributed by atoms with van der Waals surface area (Å²) in [4.78, 5) is 24.6. The molecule has 1 aliphatic rings. The van der Waals surface area contributed by atoms with Gasteiger partial charge in [0, 0.05) is 6.04 Å². The van der Waals surface area contributed by atoms with Gasteiger partial charge in [0.2, 0.25) is 5.91 Å². The molecule has 1 rings (SSSR count). The third-order valence-electron chi connectivity index (χ3n) is 4.10. The van der Waals surface area contributed by atoms with E-state index < -0.39 is 17.7 Å². The lowest BCUT2D eigenvalue weighted by Gasteiger charge is -2.26. The largest absolute Gasteiger partial charge is 0.484 e. The highest BCUT2D eigenvalue weighted by molar-refractivity contribution is 7.78. The molecular formula is C18H35N5O4S. The number of nitrogens with one attached hydrogen (secondary N) is 3. The predicted octanol–water partition coefficient (Wildman–Crippen LogP) is 1.43. The van der Waals surface area contributed by atoms with Crippen molar-refractivity contribution < 1.29 is 19.1 Å². The summed E-state index contributed by atoms with van der Waals surface area (Å²) in [6.07, 6.45) is 2.94. The van der Waals surface area contributed by atoms with Gasteiger partial charge in [0.1, 0.15) is 11.6 Å². The van der Waals surface area contributed by atoms with Gasteiger partial charge in [-0.25, -0.2) is 4.79 Å². The Bertz CT molecular complexity index is 525. The van der Waals surface area contributed by atoms with E-state index in [0.29, 0.717) is 19.4 Å². The summed E-state index contributed by atoms with van der Waals surface area (Å²) in [7, 11) is 1.47. The minimum absolute atomic E-state index is 0.120. The van der Waals surface area contributed by atoms with Crippen LogP contribution in [0, 0.1) is 11.3 Å². The highest BCUT2D eigenvalue weighted by atomic mass is 32.1. The van der Waals surface area contributed by atoms with Crippen LogP contribution in [-0.2, 0) is 14.3 Å². The number of carbonyl (C=O) groups excluding carboxylic acids is 2. The molecule has 3 unspecified atom stereocenters. The van der Waals surface area contributed by atoms with Gasteiger partial charge in [0.05, 0.1) is 18.5 Å². The molecule has 0 aromatic carbocycles. The van der Waals surface area contributed by atoms with Gasteiger partial charge in [-0.2, -0.15) is 0 Å². The topological polar surface area (TPSA) is 153 Å². The number of carbonyl (C=O) groups is 2. The molecule has 0 heterocycles. The standard InChI is InChI=1S/C17H32N4O4.CH3NS/c1-17(2,3)25-16(23)21-13(9-6-10-18)15(22)20-12-8-5-7-11(12)14(19)24-4;2-1-3/h11-13,19H,5-10,18H2,1-4H3,(H,20,22)(H,21,23);1H,(H2,2,3). The molecular weight excluding hydrogens is 382 g/mol. The van der Waals surface area contributed by atoms with E-state index in [4.69, 9.17) is 20.6 Å². The van der Waals surface area contributed by atoms with Crippen LogP contribution in [0.4, 0.5) is 4.79 Å². The number of amides is 2. The average molecular weight is 418 g/mol. The summed E-state index contributed by atoms with van der Waals surface area (Å²) >= 11 is 4.05. The molecule has 0 bridgehead atoms.